The van der Waals surface area contributed by atoms with E-state index in [2.05, 4.69) is 10.6 Å². The Morgan fingerprint density at radius 2 is 2.11 bits per heavy atom. The summed E-state index contributed by atoms with van der Waals surface area (Å²) in [5, 5.41) is 5.50. The van der Waals surface area contributed by atoms with Crippen molar-refractivity contribution in [2.45, 2.75) is 13.0 Å². The van der Waals surface area contributed by atoms with Crippen molar-refractivity contribution in [3.05, 3.63) is 54.2 Å². The molecule has 4 nitrogen and oxygen atoms in total. The van der Waals surface area contributed by atoms with Gasteiger partial charge in [0.05, 0.1) is 24.5 Å². The molecule has 2 N–H and O–H groups in total. The first kappa shape index (κ1) is 13.3. The molecule has 0 aliphatic heterocycles. The summed E-state index contributed by atoms with van der Waals surface area (Å²) < 4.78 is 18.5. The molecule has 19 heavy (non-hydrogen) atoms. The van der Waals surface area contributed by atoms with Crippen molar-refractivity contribution in [3.63, 3.8) is 0 Å². The van der Waals surface area contributed by atoms with Gasteiger partial charge in [-0.2, -0.15) is 0 Å². The highest BCUT2D eigenvalue weighted by atomic mass is 19.1. The number of carbonyl (C=O) groups excluding carboxylic acids is 1. The van der Waals surface area contributed by atoms with Crippen molar-refractivity contribution < 1.29 is 13.6 Å². The molecular weight excluding hydrogens is 247 g/mol. The van der Waals surface area contributed by atoms with E-state index in [1.54, 1.807) is 24.5 Å². The highest BCUT2D eigenvalue weighted by Crippen LogP contribution is 2.13. The molecule has 0 saturated heterocycles. The predicted octanol–water partition coefficient (Wildman–Crippen LogP) is 2.71. The van der Waals surface area contributed by atoms with E-state index in [9.17, 15) is 9.18 Å². The normalized spacial score (nSPS) is 12.1. The number of rotatable bonds is 5. The Labute approximate surface area is 110 Å². The van der Waals surface area contributed by atoms with Crippen LogP contribution in [-0.2, 0) is 4.79 Å². The summed E-state index contributed by atoms with van der Waals surface area (Å²) in [6.45, 7) is 1.96. The smallest absolute Gasteiger partial charge is 0.238 e. The summed E-state index contributed by atoms with van der Waals surface area (Å²) >= 11 is 0. The fraction of sp³-hybridized carbons (Fsp3) is 0.214. The predicted molar refractivity (Wildman–Crippen MR) is 70.2 cm³/mol. The molecule has 0 spiro atoms. The average Bonchev–Trinajstić information content (AvgIpc) is 2.93. The minimum Gasteiger partial charge on any atom is -0.468 e. The molecule has 2 aromatic rings. The molecule has 0 radical (unpaired) electrons. The van der Waals surface area contributed by atoms with Crippen molar-refractivity contribution in [1.29, 1.82) is 0 Å². The van der Waals surface area contributed by atoms with Crippen LogP contribution in [-0.4, -0.2) is 12.5 Å². The summed E-state index contributed by atoms with van der Waals surface area (Å²) in [4.78, 5) is 11.7. The van der Waals surface area contributed by atoms with E-state index in [1.165, 1.54) is 12.1 Å². The maximum Gasteiger partial charge on any atom is 0.238 e. The Morgan fingerprint density at radius 3 is 2.79 bits per heavy atom. The first-order valence-corrected chi connectivity index (χ1v) is 5.98. The summed E-state index contributed by atoms with van der Waals surface area (Å²) in [6.07, 6.45) is 1.58. The lowest BCUT2D eigenvalue weighted by molar-refractivity contribution is -0.115. The molecule has 5 heteroatoms. The van der Waals surface area contributed by atoms with Crippen molar-refractivity contribution in [1.82, 2.24) is 5.32 Å². The summed E-state index contributed by atoms with van der Waals surface area (Å²) in [5.41, 5.74) is 0.181. The van der Waals surface area contributed by atoms with E-state index in [0.717, 1.165) is 5.76 Å². The SMILES string of the molecule is C[C@H](NCC(=O)Nc1ccccc1F)c1ccco1. The van der Waals surface area contributed by atoms with E-state index in [4.69, 9.17) is 4.42 Å². The van der Waals surface area contributed by atoms with Crippen molar-refractivity contribution in [2.24, 2.45) is 0 Å². The van der Waals surface area contributed by atoms with Gasteiger partial charge in [-0.25, -0.2) is 4.39 Å². The Morgan fingerprint density at radius 1 is 1.32 bits per heavy atom. The van der Waals surface area contributed by atoms with Gasteiger partial charge >= 0.3 is 0 Å². The maximum atomic E-state index is 13.3. The van der Waals surface area contributed by atoms with Crippen molar-refractivity contribution in [3.8, 4) is 0 Å². The lowest BCUT2D eigenvalue weighted by Crippen LogP contribution is -2.30. The van der Waals surface area contributed by atoms with Crippen molar-refractivity contribution in [2.75, 3.05) is 11.9 Å². The van der Waals surface area contributed by atoms with Gasteiger partial charge in [-0.05, 0) is 31.2 Å². The van der Waals surface area contributed by atoms with E-state index in [-0.39, 0.29) is 24.2 Å². The highest BCUT2D eigenvalue weighted by molar-refractivity contribution is 5.92. The Bertz CT molecular complexity index is 540. The molecule has 0 unspecified atom stereocenters. The van der Waals surface area contributed by atoms with Gasteiger partial charge in [0.1, 0.15) is 11.6 Å². The number of furan rings is 1. The molecular formula is C14H15FN2O2. The van der Waals surface area contributed by atoms with E-state index in [1.807, 2.05) is 13.0 Å². The molecule has 1 atom stereocenters. The fourth-order valence-electron chi connectivity index (χ4n) is 1.64. The van der Waals surface area contributed by atoms with Gasteiger partial charge < -0.3 is 9.73 Å². The summed E-state index contributed by atoms with van der Waals surface area (Å²) in [6, 6.07) is 9.58. The lowest BCUT2D eigenvalue weighted by Gasteiger charge is -2.11. The summed E-state index contributed by atoms with van der Waals surface area (Å²) in [5.74, 6) is -0.00266. The zero-order valence-corrected chi connectivity index (χ0v) is 10.5. The van der Waals surface area contributed by atoms with Crippen LogP contribution in [0.3, 0.4) is 0 Å². The molecule has 1 heterocycles. The molecule has 0 aliphatic carbocycles. The average molecular weight is 262 g/mol. The van der Waals surface area contributed by atoms with Gasteiger partial charge in [0.2, 0.25) is 5.91 Å². The van der Waals surface area contributed by atoms with Crippen LogP contribution in [0.25, 0.3) is 0 Å². The van der Waals surface area contributed by atoms with Gasteiger partial charge in [-0.15, -0.1) is 0 Å². The third-order valence-electron chi connectivity index (χ3n) is 2.69. The second-order valence-corrected chi connectivity index (χ2v) is 4.15. The molecule has 1 aromatic heterocycles. The van der Waals surface area contributed by atoms with Gasteiger partial charge in [0.15, 0.2) is 0 Å². The highest BCUT2D eigenvalue weighted by Gasteiger charge is 2.10. The van der Waals surface area contributed by atoms with Gasteiger partial charge in [0.25, 0.3) is 0 Å². The molecule has 0 bridgehead atoms. The number of nitrogens with one attached hydrogen (secondary N) is 2. The molecule has 100 valence electrons. The van der Waals surface area contributed by atoms with Crippen LogP contribution in [0.2, 0.25) is 0 Å². The van der Waals surface area contributed by atoms with Gasteiger partial charge in [0, 0.05) is 0 Å². The van der Waals surface area contributed by atoms with Crippen LogP contribution in [0.15, 0.2) is 47.1 Å². The Balaban J connectivity index is 1.84. The maximum absolute atomic E-state index is 13.3. The second-order valence-electron chi connectivity index (χ2n) is 4.15. The number of carbonyl (C=O) groups is 1. The number of halogens is 1. The van der Waals surface area contributed by atoms with Crippen molar-refractivity contribution >= 4 is 11.6 Å². The Hall–Kier alpha value is -2.14. The molecule has 0 fully saturated rings. The summed E-state index contributed by atoms with van der Waals surface area (Å²) in [7, 11) is 0. The standard InChI is InChI=1S/C14H15FN2O2/c1-10(13-7-4-8-19-13)16-9-14(18)17-12-6-3-2-5-11(12)15/h2-8,10,16H,9H2,1H3,(H,17,18)/t10-/m0/s1. The monoisotopic (exact) mass is 262 g/mol. The van der Waals surface area contributed by atoms with E-state index in [0.29, 0.717) is 0 Å². The van der Waals surface area contributed by atoms with E-state index >= 15 is 0 Å². The van der Waals surface area contributed by atoms with Crippen LogP contribution in [0.4, 0.5) is 10.1 Å². The van der Waals surface area contributed by atoms with Crippen LogP contribution in [0.1, 0.15) is 18.7 Å². The van der Waals surface area contributed by atoms with Crippen LogP contribution in [0, 0.1) is 5.82 Å². The molecule has 0 saturated carbocycles. The van der Waals surface area contributed by atoms with Crippen LogP contribution in [0.5, 0.6) is 0 Å². The molecule has 1 aromatic carbocycles. The number of para-hydroxylation sites is 1. The number of benzene rings is 1. The van der Waals surface area contributed by atoms with Gasteiger partial charge in [-0.3, -0.25) is 10.1 Å². The van der Waals surface area contributed by atoms with E-state index < -0.39 is 5.82 Å². The third kappa shape index (κ3) is 3.66. The van der Waals surface area contributed by atoms with Crippen LogP contribution >= 0.6 is 0 Å². The number of amides is 1. The minimum atomic E-state index is -0.449. The lowest BCUT2D eigenvalue weighted by atomic mass is 10.2. The second kappa shape index (κ2) is 6.15. The zero-order valence-electron chi connectivity index (χ0n) is 10.5. The van der Waals surface area contributed by atoms with Gasteiger partial charge in [-0.1, -0.05) is 12.1 Å². The first-order valence-electron chi connectivity index (χ1n) is 5.98. The molecule has 0 aliphatic rings. The number of anilines is 1. The quantitative estimate of drug-likeness (QED) is 0.871. The first-order chi connectivity index (χ1) is 9.16. The minimum absolute atomic E-state index is 0.0796. The zero-order chi connectivity index (χ0) is 13.7. The van der Waals surface area contributed by atoms with Crippen LogP contribution < -0.4 is 10.6 Å². The topological polar surface area (TPSA) is 54.3 Å². The Kier molecular flexibility index (Phi) is 4.30. The molecule has 1 amide bonds. The number of hydrogen-bond donors (Lipinski definition) is 2. The third-order valence-corrected chi connectivity index (χ3v) is 2.69. The fourth-order valence-corrected chi connectivity index (χ4v) is 1.64. The number of hydrogen-bond acceptors (Lipinski definition) is 3. The largest absolute Gasteiger partial charge is 0.468 e. The molecule has 2 rings (SSSR count).